The van der Waals surface area contributed by atoms with Crippen LogP contribution < -0.4 is 11.1 Å². The first-order valence-corrected chi connectivity index (χ1v) is 4.76. The van der Waals surface area contributed by atoms with Crippen LogP contribution >= 0.6 is 0 Å². The molecule has 6 nitrogen and oxygen atoms in total. The van der Waals surface area contributed by atoms with Crippen LogP contribution in [0.1, 0.15) is 25.7 Å². The molecule has 0 unspecified atom stereocenters. The molecule has 15 heavy (non-hydrogen) atoms. The van der Waals surface area contributed by atoms with E-state index in [1.807, 2.05) is 0 Å². The molecule has 0 fully saturated rings. The van der Waals surface area contributed by atoms with E-state index in [1.165, 1.54) is 0 Å². The molecule has 4 N–H and O–H groups in total. The maximum atomic E-state index is 11.1. The summed E-state index contributed by atoms with van der Waals surface area (Å²) in [6.07, 6.45) is 0.679. The van der Waals surface area contributed by atoms with Gasteiger partial charge in [-0.05, 0) is 6.42 Å². The lowest BCUT2D eigenvalue weighted by atomic mass is 10.2. The van der Waals surface area contributed by atoms with Crippen LogP contribution in [-0.4, -0.2) is 35.9 Å². The SMILES string of the molecule is NCC(=O)CCC(=O)NCCCC(=O)O. The predicted octanol–water partition coefficient (Wildman–Crippen LogP) is -0.725. The Morgan fingerprint density at radius 1 is 1.13 bits per heavy atom. The Labute approximate surface area is 87.8 Å². The molecule has 0 atom stereocenters. The van der Waals surface area contributed by atoms with Crippen molar-refractivity contribution in [3.05, 3.63) is 0 Å². The van der Waals surface area contributed by atoms with Crippen LogP contribution in [-0.2, 0) is 14.4 Å². The molecule has 6 heteroatoms. The van der Waals surface area contributed by atoms with Crippen molar-refractivity contribution >= 4 is 17.7 Å². The van der Waals surface area contributed by atoms with Crippen LogP contribution in [0.25, 0.3) is 0 Å². The highest BCUT2D eigenvalue weighted by molar-refractivity contribution is 5.85. The fraction of sp³-hybridized carbons (Fsp3) is 0.667. The van der Waals surface area contributed by atoms with Crippen molar-refractivity contribution < 1.29 is 19.5 Å². The third kappa shape index (κ3) is 8.89. The van der Waals surface area contributed by atoms with Gasteiger partial charge in [-0.25, -0.2) is 0 Å². The quantitative estimate of drug-likeness (QED) is 0.464. The number of ketones is 1. The first kappa shape index (κ1) is 13.6. The van der Waals surface area contributed by atoms with Gasteiger partial charge in [-0.15, -0.1) is 0 Å². The summed E-state index contributed by atoms with van der Waals surface area (Å²) in [5.41, 5.74) is 5.07. The second kappa shape index (κ2) is 7.93. The Hall–Kier alpha value is -1.43. The standard InChI is InChI=1S/C9H16N2O4/c10-6-7(12)3-4-8(13)11-5-1-2-9(14)15/h1-6,10H2,(H,11,13)(H,14,15). The maximum Gasteiger partial charge on any atom is 0.303 e. The second-order valence-corrected chi connectivity index (χ2v) is 3.09. The summed E-state index contributed by atoms with van der Waals surface area (Å²) in [5.74, 6) is -1.29. The zero-order valence-corrected chi connectivity index (χ0v) is 8.49. The van der Waals surface area contributed by atoms with Crippen molar-refractivity contribution in [3.63, 3.8) is 0 Å². The lowest BCUT2D eigenvalue weighted by Gasteiger charge is -2.02. The fourth-order valence-corrected chi connectivity index (χ4v) is 0.911. The van der Waals surface area contributed by atoms with Gasteiger partial charge in [0.05, 0.1) is 6.54 Å². The number of carbonyl (C=O) groups is 3. The fourth-order valence-electron chi connectivity index (χ4n) is 0.911. The number of carbonyl (C=O) groups excluding carboxylic acids is 2. The molecule has 0 rings (SSSR count). The van der Waals surface area contributed by atoms with Crippen LogP contribution in [0.5, 0.6) is 0 Å². The monoisotopic (exact) mass is 216 g/mol. The van der Waals surface area contributed by atoms with Gasteiger partial charge >= 0.3 is 5.97 Å². The molecule has 0 aromatic rings. The molecule has 0 aliphatic heterocycles. The van der Waals surface area contributed by atoms with Crippen LogP contribution in [0, 0.1) is 0 Å². The number of rotatable bonds is 8. The number of nitrogens with two attached hydrogens (primary N) is 1. The summed E-state index contributed by atoms with van der Waals surface area (Å²) >= 11 is 0. The minimum Gasteiger partial charge on any atom is -0.481 e. The first-order chi connectivity index (χ1) is 7.06. The minimum absolute atomic E-state index is 0.0298. The number of Topliss-reactive ketones (excluding diaryl/α,β-unsaturated/α-hetero) is 1. The van der Waals surface area contributed by atoms with Crippen LogP contribution in [0.3, 0.4) is 0 Å². The van der Waals surface area contributed by atoms with Gasteiger partial charge in [0.1, 0.15) is 5.78 Å². The zero-order chi connectivity index (χ0) is 11.7. The van der Waals surface area contributed by atoms with E-state index >= 15 is 0 Å². The van der Waals surface area contributed by atoms with Gasteiger partial charge in [0.25, 0.3) is 0 Å². The van der Waals surface area contributed by atoms with Gasteiger partial charge in [-0.1, -0.05) is 0 Å². The van der Waals surface area contributed by atoms with E-state index in [4.69, 9.17) is 10.8 Å². The number of carboxylic acids is 1. The van der Waals surface area contributed by atoms with Crippen LogP contribution in [0.4, 0.5) is 0 Å². The predicted molar refractivity (Wildman–Crippen MR) is 53.2 cm³/mol. The Morgan fingerprint density at radius 2 is 1.80 bits per heavy atom. The molecule has 0 aliphatic rings. The molecule has 0 bridgehead atoms. The molecule has 0 aromatic heterocycles. The van der Waals surface area contributed by atoms with E-state index in [0.29, 0.717) is 13.0 Å². The number of hydrogen-bond acceptors (Lipinski definition) is 4. The summed E-state index contributed by atoms with van der Waals surface area (Å²) in [6.45, 7) is 0.272. The van der Waals surface area contributed by atoms with E-state index in [-0.39, 0.29) is 37.5 Å². The third-order valence-corrected chi connectivity index (χ3v) is 1.75. The van der Waals surface area contributed by atoms with Gasteiger partial charge in [0.2, 0.25) is 5.91 Å². The van der Waals surface area contributed by atoms with Crippen molar-refractivity contribution in [1.82, 2.24) is 5.32 Å². The van der Waals surface area contributed by atoms with E-state index in [0.717, 1.165) is 0 Å². The van der Waals surface area contributed by atoms with E-state index in [1.54, 1.807) is 0 Å². The topological polar surface area (TPSA) is 109 Å². The minimum atomic E-state index is -0.887. The molecule has 0 saturated carbocycles. The van der Waals surface area contributed by atoms with Crippen molar-refractivity contribution in [3.8, 4) is 0 Å². The molecule has 0 spiro atoms. The normalized spacial score (nSPS) is 9.67. The molecule has 0 heterocycles. The molecule has 0 saturated heterocycles. The van der Waals surface area contributed by atoms with Gasteiger partial charge in [0, 0.05) is 25.8 Å². The summed E-state index contributed by atoms with van der Waals surface area (Å²) in [7, 11) is 0. The van der Waals surface area contributed by atoms with Crippen molar-refractivity contribution in [2.24, 2.45) is 5.73 Å². The molecular formula is C9H16N2O4. The number of carboxylic acid groups (broad SMARTS) is 1. The van der Waals surface area contributed by atoms with E-state index in [9.17, 15) is 14.4 Å². The summed E-state index contributed by atoms with van der Waals surface area (Å²) in [4.78, 5) is 31.9. The van der Waals surface area contributed by atoms with Crippen molar-refractivity contribution in [1.29, 1.82) is 0 Å². The first-order valence-electron chi connectivity index (χ1n) is 4.76. The Balaban J connectivity index is 3.41. The molecular weight excluding hydrogens is 200 g/mol. The van der Waals surface area contributed by atoms with Crippen molar-refractivity contribution in [2.45, 2.75) is 25.7 Å². The Kier molecular flexibility index (Phi) is 7.17. The highest BCUT2D eigenvalue weighted by Gasteiger charge is 2.05. The Bertz CT molecular complexity index is 240. The smallest absolute Gasteiger partial charge is 0.303 e. The highest BCUT2D eigenvalue weighted by atomic mass is 16.4. The lowest BCUT2D eigenvalue weighted by Crippen LogP contribution is -2.26. The summed E-state index contributed by atoms with van der Waals surface area (Å²) in [5, 5.41) is 10.8. The van der Waals surface area contributed by atoms with E-state index in [2.05, 4.69) is 5.32 Å². The van der Waals surface area contributed by atoms with Gasteiger partial charge in [0.15, 0.2) is 0 Å². The second-order valence-electron chi connectivity index (χ2n) is 3.09. The average Bonchev–Trinajstić information content (AvgIpc) is 2.20. The number of hydrogen-bond donors (Lipinski definition) is 3. The molecule has 0 aromatic carbocycles. The van der Waals surface area contributed by atoms with E-state index < -0.39 is 5.97 Å². The molecule has 0 aliphatic carbocycles. The number of aliphatic carboxylic acids is 1. The van der Waals surface area contributed by atoms with Gasteiger partial charge in [-0.3, -0.25) is 14.4 Å². The number of amides is 1. The molecule has 1 amide bonds. The lowest BCUT2D eigenvalue weighted by molar-refractivity contribution is -0.137. The Morgan fingerprint density at radius 3 is 2.33 bits per heavy atom. The zero-order valence-electron chi connectivity index (χ0n) is 8.49. The van der Waals surface area contributed by atoms with Crippen LogP contribution in [0.15, 0.2) is 0 Å². The van der Waals surface area contributed by atoms with Crippen molar-refractivity contribution in [2.75, 3.05) is 13.1 Å². The van der Waals surface area contributed by atoms with Gasteiger partial charge < -0.3 is 16.2 Å². The third-order valence-electron chi connectivity index (χ3n) is 1.75. The number of nitrogens with one attached hydrogen (secondary N) is 1. The summed E-state index contributed by atoms with van der Waals surface area (Å²) < 4.78 is 0. The summed E-state index contributed by atoms with van der Waals surface area (Å²) in [6, 6.07) is 0. The highest BCUT2D eigenvalue weighted by Crippen LogP contribution is 1.91. The van der Waals surface area contributed by atoms with Crippen LogP contribution in [0.2, 0.25) is 0 Å². The maximum absolute atomic E-state index is 11.1. The average molecular weight is 216 g/mol. The van der Waals surface area contributed by atoms with Gasteiger partial charge in [-0.2, -0.15) is 0 Å². The molecule has 86 valence electrons. The molecule has 0 radical (unpaired) electrons. The largest absolute Gasteiger partial charge is 0.481 e.